The van der Waals surface area contributed by atoms with Gasteiger partial charge in [0.1, 0.15) is 11.4 Å². The van der Waals surface area contributed by atoms with Gasteiger partial charge in [-0.2, -0.15) is 5.10 Å². The summed E-state index contributed by atoms with van der Waals surface area (Å²) < 4.78 is 12.9. The highest BCUT2D eigenvalue weighted by molar-refractivity contribution is 6.74. The second-order valence-electron chi connectivity index (χ2n) is 10.9. The lowest BCUT2D eigenvalue weighted by Gasteiger charge is -2.36. The summed E-state index contributed by atoms with van der Waals surface area (Å²) in [5.74, 6) is -0.783. The number of ether oxygens (including phenoxy) is 1. The van der Waals surface area contributed by atoms with Crippen LogP contribution in [0.15, 0.2) is 48.5 Å². The van der Waals surface area contributed by atoms with Crippen LogP contribution < -0.4 is 15.0 Å². The predicted octanol–water partition coefficient (Wildman–Crippen LogP) is 5.22. The van der Waals surface area contributed by atoms with E-state index in [-0.39, 0.29) is 22.3 Å². The molecule has 2 N–H and O–H groups in total. The summed E-state index contributed by atoms with van der Waals surface area (Å²) in [7, 11) is -0.217. The van der Waals surface area contributed by atoms with Gasteiger partial charge in [-0.25, -0.2) is 9.48 Å². The van der Waals surface area contributed by atoms with Crippen molar-refractivity contribution in [2.45, 2.75) is 45.3 Å². The number of carbonyl (C=O) groups is 2. The van der Waals surface area contributed by atoms with E-state index in [1.54, 1.807) is 36.3 Å². The van der Waals surface area contributed by atoms with Crippen LogP contribution in [0.3, 0.4) is 0 Å². The second kappa shape index (κ2) is 10.6. The predicted molar refractivity (Wildman–Crippen MR) is 151 cm³/mol. The molecule has 38 heavy (non-hydrogen) atoms. The number of amides is 1. The molecule has 0 radical (unpaired) electrons. The van der Waals surface area contributed by atoms with Gasteiger partial charge in [0.15, 0.2) is 14.0 Å². The Morgan fingerprint density at radius 2 is 1.71 bits per heavy atom. The quantitative estimate of drug-likeness (QED) is 0.285. The molecule has 0 bridgehead atoms. The lowest BCUT2D eigenvalue weighted by molar-refractivity contribution is 0.0688. The molecular weight excluding hydrogens is 500 g/mol. The average Bonchev–Trinajstić information content (AvgIpc) is 3.28. The number of methoxy groups -OCH3 is 1. The molecule has 3 aromatic rings. The van der Waals surface area contributed by atoms with Gasteiger partial charge in [0.2, 0.25) is 0 Å². The molecule has 0 spiro atoms. The number of aromatic carboxylic acids is 1. The summed E-state index contributed by atoms with van der Waals surface area (Å²) >= 11 is 0. The van der Waals surface area contributed by atoms with Gasteiger partial charge in [-0.3, -0.25) is 4.79 Å². The van der Waals surface area contributed by atoms with Crippen LogP contribution in [-0.2, 0) is 10.8 Å². The molecule has 1 aromatic heterocycles. The molecule has 1 aliphatic heterocycles. The zero-order chi connectivity index (χ0) is 27.7. The van der Waals surface area contributed by atoms with Crippen molar-refractivity contribution in [2.24, 2.45) is 0 Å². The number of carboxylic acids is 1. The molecule has 0 saturated heterocycles. The Morgan fingerprint density at radius 3 is 2.29 bits per heavy atom. The average molecular weight is 537 g/mol. The molecule has 1 amide bonds. The Morgan fingerprint density at radius 1 is 1.08 bits per heavy atom. The van der Waals surface area contributed by atoms with Crippen molar-refractivity contribution in [3.05, 3.63) is 65.5 Å². The number of anilines is 2. The standard InChI is InChI=1S/C28H36N4O5Si/c1-28(2,3)38(5,6)37-18-16-29-19-7-9-20(10-8-19)31-17-15-23-24(27(34)35)30-32(25(23)26(31)33)21-11-13-22(36-4)14-12-21/h7-14,29H,15-18H2,1-6H3,(H,34,35). The van der Waals surface area contributed by atoms with Gasteiger partial charge in [0, 0.05) is 30.0 Å². The normalized spacial score (nSPS) is 13.8. The van der Waals surface area contributed by atoms with Crippen LogP contribution in [0, 0.1) is 0 Å². The minimum Gasteiger partial charge on any atom is -0.497 e. The number of aromatic nitrogens is 2. The van der Waals surface area contributed by atoms with Crippen molar-refractivity contribution in [2.75, 3.05) is 37.0 Å². The van der Waals surface area contributed by atoms with Gasteiger partial charge in [0.25, 0.3) is 5.91 Å². The van der Waals surface area contributed by atoms with Gasteiger partial charge in [-0.1, -0.05) is 20.8 Å². The number of carbonyl (C=O) groups excluding carboxylic acids is 1. The number of fused-ring (bicyclic) bond motifs is 1. The Labute approximate surface area is 224 Å². The van der Waals surface area contributed by atoms with Gasteiger partial charge in [0.05, 0.1) is 19.4 Å². The van der Waals surface area contributed by atoms with E-state index in [4.69, 9.17) is 9.16 Å². The van der Waals surface area contributed by atoms with Crippen LogP contribution in [0.4, 0.5) is 11.4 Å². The Kier molecular flexibility index (Phi) is 7.66. The maximum Gasteiger partial charge on any atom is 0.356 e. The molecule has 0 aliphatic carbocycles. The first kappa shape index (κ1) is 27.4. The molecular formula is C28H36N4O5Si. The number of carboxylic acid groups (broad SMARTS) is 1. The third-order valence-corrected chi connectivity index (χ3v) is 12.0. The van der Waals surface area contributed by atoms with Gasteiger partial charge >= 0.3 is 5.97 Å². The molecule has 1 aliphatic rings. The lowest BCUT2D eigenvalue weighted by Crippen LogP contribution is -2.41. The second-order valence-corrected chi connectivity index (χ2v) is 15.7. The molecule has 10 heteroatoms. The van der Waals surface area contributed by atoms with Crippen LogP contribution >= 0.6 is 0 Å². The minimum atomic E-state index is -1.79. The molecule has 0 fully saturated rings. The SMILES string of the molecule is COc1ccc(-n2nc(C(=O)O)c3c2C(=O)N(c2ccc(NCCO[Si](C)(C)C(C)(C)C)cc2)CC3)cc1. The number of nitrogens with one attached hydrogen (secondary N) is 1. The monoisotopic (exact) mass is 536 g/mol. The van der Waals surface area contributed by atoms with E-state index in [9.17, 15) is 14.7 Å². The molecule has 0 unspecified atom stereocenters. The van der Waals surface area contributed by atoms with Crippen LogP contribution in [0.1, 0.15) is 47.3 Å². The first-order valence-corrected chi connectivity index (χ1v) is 15.6. The maximum atomic E-state index is 13.7. The number of hydrogen-bond acceptors (Lipinski definition) is 6. The van der Waals surface area contributed by atoms with Crippen molar-refractivity contribution in [3.8, 4) is 11.4 Å². The van der Waals surface area contributed by atoms with Gasteiger partial charge in [-0.15, -0.1) is 0 Å². The number of nitrogens with zero attached hydrogens (tertiary/aromatic N) is 3. The molecule has 9 nitrogen and oxygen atoms in total. The zero-order valence-corrected chi connectivity index (χ0v) is 23.9. The van der Waals surface area contributed by atoms with Crippen molar-refractivity contribution in [3.63, 3.8) is 0 Å². The summed E-state index contributed by atoms with van der Waals surface area (Å²) in [6.45, 7) is 12.8. The summed E-state index contributed by atoms with van der Waals surface area (Å²) in [5.41, 5.74) is 2.89. The maximum absolute atomic E-state index is 13.7. The van der Waals surface area contributed by atoms with E-state index >= 15 is 0 Å². The van der Waals surface area contributed by atoms with E-state index in [0.717, 1.165) is 11.4 Å². The smallest absolute Gasteiger partial charge is 0.356 e. The topological polar surface area (TPSA) is 106 Å². The van der Waals surface area contributed by atoms with Crippen molar-refractivity contribution >= 4 is 31.6 Å². The highest BCUT2D eigenvalue weighted by atomic mass is 28.4. The fraction of sp³-hybridized carbons (Fsp3) is 0.393. The summed E-state index contributed by atoms with van der Waals surface area (Å²) in [6, 6.07) is 14.7. The van der Waals surface area contributed by atoms with E-state index in [0.29, 0.717) is 43.1 Å². The van der Waals surface area contributed by atoms with Gasteiger partial charge < -0.3 is 24.5 Å². The summed E-state index contributed by atoms with van der Waals surface area (Å²) in [4.78, 5) is 27.2. The Balaban J connectivity index is 1.50. The molecule has 0 saturated carbocycles. The number of rotatable bonds is 9. The van der Waals surface area contributed by atoms with Crippen LogP contribution in [0.2, 0.25) is 18.1 Å². The Hall–Kier alpha value is -3.63. The molecule has 2 heterocycles. The summed E-state index contributed by atoms with van der Waals surface area (Å²) in [6.07, 6.45) is 0.393. The van der Waals surface area contributed by atoms with Crippen LogP contribution in [0.25, 0.3) is 5.69 Å². The first-order valence-electron chi connectivity index (χ1n) is 12.7. The van der Waals surface area contributed by atoms with Crippen LogP contribution in [0.5, 0.6) is 5.75 Å². The molecule has 202 valence electrons. The largest absolute Gasteiger partial charge is 0.497 e. The van der Waals surface area contributed by atoms with E-state index < -0.39 is 14.3 Å². The number of hydrogen-bond donors (Lipinski definition) is 2. The summed E-state index contributed by atoms with van der Waals surface area (Å²) in [5, 5.41) is 17.6. The third-order valence-electron chi connectivity index (χ3n) is 7.42. The molecule has 0 atom stereocenters. The minimum absolute atomic E-state index is 0.0942. The van der Waals surface area contributed by atoms with E-state index in [1.165, 1.54) is 4.68 Å². The zero-order valence-electron chi connectivity index (χ0n) is 22.9. The first-order chi connectivity index (χ1) is 17.9. The van der Waals surface area contributed by atoms with Gasteiger partial charge in [-0.05, 0) is 73.1 Å². The van der Waals surface area contributed by atoms with Crippen molar-refractivity contribution in [1.82, 2.24) is 9.78 Å². The van der Waals surface area contributed by atoms with E-state index in [2.05, 4.69) is 44.3 Å². The molecule has 2 aromatic carbocycles. The molecule has 4 rings (SSSR count). The van der Waals surface area contributed by atoms with E-state index in [1.807, 2.05) is 24.3 Å². The highest BCUT2D eigenvalue weighted by Gasteiger charge is 2.37. The van der Waals surface area contributed by atoms with Crippen molar-refractivity contribution in [1.29, 1.82) is 0 Å². The third kappa shape index (κ3) is 5.46. The fourth-order valence-corrected chi connectivity index (χ4v) is 5.21. The van der Waals surface area contributed by atoms with Crippen LogP contribution in [-0.4, -0.2) is 61.9 Å². The Bertz CT molecular complexity index is 1310. The highest BCUT2D eigenvalue weighted by Crippen LogP contribution is 2.36. The number of benzene rings is 2. The van der Waals surface area contributed by atoms with Crippen molar-refractivity contribution < 1.29 is 23.9 Å². The lowest BCUT2D eigenvalue weighted by atomic mass is 10.0. The fourth-order valence-electron chi connectivity index (χ4n) is 4.17.